The maximum Gasteiger partial charge on any atom is 0.350 e. The first-order valence-electron chi connectivity index (χ1n) is 18.8. The summed E-state index contributed by atoms with van der Waals surface area (Å²) < 4.78 is 61.1. The number of carboxylic acid groups (broad SMARTS) is 1. The van der Waals surface area contributed by atoms with E-state index < -0.39 is 11.9 Å². The molecule has 62 heavy (non-hydrogen) atoms. The molecule has 8 rings (SSSR count). The van der Waals surface area contributed by atoms with E-state index in [1.54, 1.807) is 97.6 Å². The number of ether oxygens (including phenoxy) is 2. The van der Waals surface area contributed by atoms with Crippen molar-refractivity contribution in [3.63, 3.8) is 0 Å². The zero-order valence-electron chi connectivity index (χ0n) is 34.3. The molecule has 3 aromatic heterocycles. The van der Waals surface area contributed by atoms with E-state index >= 15 is 8.78 Å². The number of imidazole rings is 1. The molecule has 2 radical (unpaired) electrons. The maximum absolute atomic E-state index is 15.4. The number of aromatic nitrogens is 4. The van der Waals surface area contributed by atoms with E-state index in [1.165, 1.54) is 32.7 Å². The Morgan fingerprint density at radius 2 is 1.34 bits per heavy atom. The summed E-state index contributed by atoms with van der Waals surface area (Å²) in [6.07, 6.45) is 12.8. The molecule has 0 aliphatic carbocycles. The van der Waals surface area contributed by atoms with E-state index in [0.29, 0.717) is 74.2 Å². The molecule has 1 aliphatic heterocycles. The van der Waals surface area contributed by atoms with Crippen LogP contribution in [0.5, 0.6) is 11.5 Å². The van der Waals surface area contributed by atoms with E-state index in [1.807, 2.05) is 29.0 Å². The molecule has 1 aliphatic rings. The van der Waals surface area contributed by atoms with Gasteiger partial charge in [-0.25, -0.2) is 28.5 Å². The van der Waals surface area contributed by atoms with Gasteiger partial charge in [-0.2, -0.15) is 4.39 Å². The summed E-state index contributed by atoms with van der Waals surface area (Å²) >= 11 is 12.1. The van der Waals surface area contributed by atoms with Crippen LogP contribution in [0.15, 0.2) is 145 Å². The summed E-state index contributed by atoms with van der Waals surface area (Å²) in [7, 11) is 6.77. The number of methoxy groups -OCH3 is 2. The van der Waals surface area contributed by atoms with Gasteiger partial charge in [0.15, 0.2) is 0 Å². The normalized spacial score (nSPS) is 11.2. The third-order valence-corrected chi connectivity index (χ3v) is 9.55. The third kappa shape index (κ3) is 12.7. The number of nitrogens with zero attached hydrogens (tertiary/aromatic N) is 5. The van der Waals surface area contributed by atoms with Crippen LogP contribution in [0.2, 0.25) is 10.0 Å². The number of aliphatic imine (C=N–C) groups is 1. The Bertz CT molecular complexity index is 2660. The fourth-order valence-corrected chi connectivity index (χ4v) is 6.54. The molecule has 0 saturated heterocycles. The SMILES string of the molecule is COc1ccc(Cc2ccc(-n3ccnc3)nc2)c(F)c1-c1cccc(Cl)c1.COc1ccc(Cc2ccc(F)nc2)c(F)c1-c1cccc(Cl)c1.O=C(O)C1=NC=CC1.[2H][B].[U]. The van der Waals surface area contributed by atoms with Gasteiger partial charge in [-0.3, -0.25) is 9.56 Å². The number of allylic oxidation sites excluding steroid dienone is 1. The van der Waals surface area contributed by atoms with E-state index in [0.717, 1.165) is 16.9 Å². The Balaban J connectivity index is 0.000000226. The van der Waals surface area contributed by atoms with Gasteiger partial charge in [-0.1, -0.05) is 77.8 Å². The molecule has 0 spiro atoms. The van der Waals surface area contributed by atoms with Crippen LogP contribution in [0, 0.1) is 48.7 Å². The average Bonchev–Trinajstić information content (AvgIpc) is 4.04. The summed E-state index contributed by atoms with van der Waals surface area (Å²) in [5, 5.41) is 9.30. The van der Waals surface area contributed by atoms with Crippen molar-refractivity contribution in [2.75, 3.05) is 14.2 Å². The smallest absolute Gasteiger partial charge is 0.350 e. The molecular formula is C46H37BCl2F3N5O4U. The van der Waals surface area contributed by atoms with E-state index in [-0.39, 0.29) is 48.5 Å². The molecule has 0 bridgehead atoms. The summed E-state index contributed by atoms with van der Waals surface area (Å²) in [5.41, 5.74) is 4.96. The Kier molecular flexibility index (Phi) is 18.0. The number of hydrogen-bond donors (Lipinski definition) is 1. The quantitative estimate of drug-likeness (QED) is 0.107. The number of pyridine rings is 2. The minimum absolute atomic E-state index is 0. The van der Waals surface area contributed by atoms with E-state index in [9.17, 15) is 9.18 Å². The second-order valence-corrected chi connectivity index (χ2v) is 13.9. The standard InChI is InChI=1S/C22H17ClFN3O.C19H14ClF2NO.C5H5NO2.BH.U/c1-28-19-7-6-17(22(24)21(19)16-3-2-4-18(23)12-16)11-15-5-8-20(26-13-15)27-10-9-25-14-27;1-24-16-7-6-14(9-12-5-8-17(21)23-11-12)19(22)18(16)13-3-2-4-15(20)10-13;7-5(8)4-2-1-3-6-4;;/h2-10,12-14H,11H2,1H3;2-8,10-11H,9H2,1H3;1,3H,2H2,(H,7,8);1H;/i;;;1D;. The van der Waals surface area contributed by atoms with E-state index in [4.69, 9.17) is 39.1 Å². The minimum Gasteiger partial charge on any atom is -0.496 e. The molecule has 9 nitrogen and oxygen atoms in total. The number of carboxylic acids is 1. The molecule has 7 aromatic rings. The minimum atomic E-state index is -0.921. The van der Waals surface area contributed by atoms with Crippen molar-refractivity contribution in [1.82, 2.24) is 19.5 Å². The molecule has 312 valence electrons. The Labute approximate surface area is 393 Å². The molecule has 4 aromatic carbocycles. The predicted molar refractivity (Wildman–Crippen MR) is 234 cm³/mol. The van der Waals surface area contributed by atoms with Crippen molar-refractivity contribution >= 4 is 43.3 Å². The van der Waals surface area contributed by atoms with Gasteiger partial charge in [0.05, 0.1) is 25.3 Å². The average molecular weight is 1100 g/mol. The molecule has 16 heteroatoms. The third-order valence-electron chi connectivity index (χ3n) is 9.08. The predicted octanol–water partition coefficient (Wildman–Crippen LogP) is 10.4. The van der Waals surface area contributed by atoms with E-state index in [2.05, 4.69) is 28.3 Å². The molecule has 0 fully saturated rings. The molecule has 0 atom stereocenters. The fourth-order valence-electron chi connectivity index (χ4n) is 6.16. The van der Waals surface area contributed by atoms with Crippen LogP contribution < -0.4 is 9.47 Å². The van der Waals surface area contributed by atoms with Crippen molar-refractivity contribution in [2.24, 2.45) is 4.99 Å². The summed E-state index contributed by atoms with van der Waals surface area (Å²) in [6.45, 7) is 0. The number of halogens is 5. The van der Waals surface area contributed by atoms with Crippen LogP contribution in [-0.2, 0) is 17.6 Å². The Hall–Kier alpha value is -5.64. The monoisotopic (exact) mass is 1100 g/mol. The van der Waals surface area contributed by atoms with Gasteiger partial charge in [-0.05, 0) is 83.2 Å². The second-order valence-electron chi connectivity index (χ2n) is 13.1. The van der Waals surface area contributed by atoms with Gasteiger partial charge in [0.25, 0.3) is 0 Å². The van der Waals surface area contributed by atoms with Crippen molar-refractivity contribution in [3.8, 4) is 39.6 Å². The zero-order valence-corrected chi connectivity index (χ0v) is 39.0. The van der Waals surface area contributed by atoms with Gasteiger partial charge in [0.2, 0.25) is 5.95 Å². The Morgan fingerprint density at radius 1 is 0.790 bits per heavy atom. The molecule has 0 amide bonds. The number of aliphatic carboxylic acids is 1. The van der Waals surface area contributed by atoms with Crippen molar-refractivity contribution in [3.05, 3.63) is 190 Å². The largest absolute Gasteiger partial charge is 0.496 e. The topological polar surface area (TPSA) is 112 Å². The van der Waals surface area contributed by atoms with Crippen LogP contribution in [-0.4, -0.2) is 60.2 Å². The van der Waals surface area contributed by atoms with Crippen LogP contribution in [0.4, 0.5) is 13.2 Å². The van der Waals surface area contributed by atoms with Crippen molar-refractivity contribution < 1.29 is 63.7 Å². The number of carbonyl (C=O) groups is 1. The molecule has 0 unspecified atom stereocenters. The van der Waals surface area contributed by atoms with Gasteiger partial charge in [0, 0.05) is 99.8 Å². The molecule has 4 heterocycles. The molecule has 1 N–H and O–H groups in total. The number of rotatable bonds is 10. The summed E-state index contributed by atoms with van der Waals surface area (Å²) in [5.74, 6) is -0.534. The van der Waals surface area contributed by atoms with Gasteiger partial charge in [-0.15, -0.1) is 0 Å². The zero-order chi connectivity index (χ0) is 44.6. The number of benzene rings is 4. The number of hydrogen-bond acceptors (Lipinski definition) is 7. The first-order valence-corrected chi connectivity index (χ1v) is 19.0. The summed E-state index contributed by atoms with van der Waals surface area (Å²) in [6, 6.07) is 27.6. The first-order chi connectivity index (χ1) is 30.0. The van der Waals surface area contributed by atoms with Crippen LogP contribution in [0.25, 0.3) is 28.1 Å². The molecule has 0 saturated carbocycles. The van der Waals surface area contributed by atoms with Gasteiger partial charge >= 0.3 is 5.97 Å². The summed E-state index contributed by atoms with van der Waals surface area (Å²) in [4.78, 5) is 25.6. The van der Waals surface area contributed by atoms with Gasteiger partial charge in [0.1, 0.15) is 41.0 Å². The maximum atomic E-state index is 15.4. The Morgan fingerprint density at radius 3 is 1.73 bits per heavy atom. The van der Waals surface area contributed by atoms with Crippen LogP contribution >= 0.6 is 23.2 Å². The fraction of sp³-hybridized carbons (Fsp3) is 0.109. The van der Waals surface area contributed by atoms with Crippen molar-refractivity contribution in [1.29, 1.82) is 1.34 Å². The van der Waals surface area contributed by atoms with Gasteiger partial charge < -0.3 is 14.6 Å². The molecular weight excluding hydrogens is 1060 g/mol. The first kappa shape index (κ1) is 47.4. The van der Waals surface area contributed by atoms with Crippen molar-refractivity contribution in [2.45, 2.75) is 19.3 Å². The van der Waals surface area contributed by atoms with Crippen LogP contribution in [0.1, 0.15) is 28.7 Å². The second kappa shape index (κ2) is 23.5. The van der Waals surface area contributed by atoms with Crippen LogP contribution in [0.3, 0.4) is 0 Å².